The fourth-order valence-electron chi connectivity index (χ4n) is 2.57. The van der Waals surface area contributed by atoms with Gasteiger partial charge in [-0.15, -0.1) is 0 Å². The van der Waals surface area contributed by atoms with Crippen molar-refractivity contribution >= 4 is 23.2 Å². The van der Waals surface area contributed by atoms with Crippen LogP contribution >= 0.6 is 11.6 Å². The fraction of sp³-hybridized carbons (Fsp3) is 0.150. The van der Waals surface area contributed by atoms with Crippen LogP contribution < -0.4 is 5.32 Å². The topological polar surface area (TPSA) is 54.9 Å². The average molecular weight is 352 g/mol. The van der Waals surface area contributed by atoms with Gasteiger partial charge in [-0.3, -0.25) is 9.78 Å². The third-order valence-electron chi connectivity index (χ3n) is 3.79. The molecule has 1 N–H and O–H groups in total. The minimum Gasteiger partial charge on any atom is -0.322 e. The molecule has 2 aromatic carbocycles. The largest absolute Gasteiger partial charge is 0.322 e. The molecule has 0 atom stereocenters. The summed E-state index contributed by atoms with van der Waals surface area (Å²) in [7, 11) is 0. The maximum Gasteiger partial charge on any atom is 0.255 e. The summed E-state index contributed by atoms with van der Waals surface area (Å²) in [6.07, 6.45) is 4.77. The van der Waals surface area contributed by atoms with Crippen molar-refractivity contribution in [1.29, 1.82) is 0 Å². The first kappa shape index (κ1) is 17.1. The van der Waals surface area contributed by atoms with Gasteiger partial charge in [0, 0.05) is 17.4 Å². The highest BCUT2D eigenvalue weighted by molar-refractivity contribution is 6.29. The number of nitrogens with one attached hydrogen (secondary N) is 1. The summed E-state index contributed by atoms with van der Waals surface area (Å²) in [5, 5.41) is 3.34. The molecule has 126 valence electrons. The van der Waals surface area contributed by atoms with Crippen molar-refractivity contribution in [1.82, 2.24) is 9.97 Å². The van der Waals surface area contributed by atoms with Crippen LogP contribution in [0.25, 0.3) is 0 Å². The Balaban J connectivity index is 1.66. The molecule has 3 rings (SSSR count). The normalized spacial score (nSPS) is 10.5. The minimum atomic E-state index is -0.110. The van der Waals surface area contributed by atoms with E-state index in [1.54, 1.807) is 6.20 Å². The molecule has 0 aliphatic heterocycles. The Morgan fingerprint density at radius 3 is 2.72 bits per heavy atom. The van der Waals surface area contributed by atoms with Gasteiger partial charge in [-0.1, -0.05) is 41.4 Å². The lowest BCUT2D eigenvalue weighted by molar-refractivity contribution is 0.102. The summed E-state index contributed by atoms with van der Waals surface area (Å²) in [6.45, 7) is 1.97. The molecule has 4 nitrogen and oxygen atoms in total. The molecule has 0 fully saturated rings. The second-order valence-corrected chi connectivity index (χ2v) is 6.24. The van der Waals surface area contributed by atoms with Crippen LogP contribution in [0, 0.1) is 6.92 Å². The maximum absolute atomic E-state index is 12.4. The van der Waals surface area contributed by atoms with E-state index in [9.17, 15) is 4.79 Å². The number of rotatable bonds is 5. The van der Waals surface area contributed by atoms with Crippen LogP contribution in [-0.2, 0) is 12.8 Å². The van der Waals surface area contributed by atoms with E-state index in [1.165, 1.54) is 6.20 Å². The van der Waals surface area contributed by atoms with Crippen molar-refractivity contribution in [2.24, 2.45) is 0 Å². The van der Waals surface area contributed by atoms with Gasteiger partial charge >= 0.3 is 0 Å². The number of halogens is 1. The molecule has 25 heavy (non-hydrogen) atoms. The van der Waals surface area contributed by atoms with E-state index in [0.717, 1.165) is 35.3 Å². The molecule has 0 saturated heterocycles. The van der Waals surface area contributed by atoms with Crippen molar-refractivity contribution in [2.75, 3.05) is 5.32 Å². The van der Waals surface area contributed by atoms with Gasteiger partial charge in [-0.2, -0.15) is 0 Å². The molecule has 0 radical (unpaired) electrons. The van der Waals surface area contributed by atoms with Crippen molar-refractivity contribution < 1.29 is 4.79 Å². The van der Waals surface area contributed by atoms with Gasteiger partial charge < -0.3 is 5.32 Å². The highest BCUT2D eigenvalue weighted by atomic mass is 35.5. The molecule has 1 heterocycles. The smallest absolute Gasteiger partial charge is 0.255 e. The van der Waals surface area contributed by atoms with Gasteiger partial charge in [0.05, 0.1) is 11.9 Å². The fourth-order valence-corrected chi connectivity index (χ4v) is 2.73. The third kappa shape index (κ3) is 4.88. The van der Waals surface area contributed by atoms with Crippen LogP contribution in [0.4, 0.5) is 5.69 Å². The molecule has 0 saturated carbocycles. The molecule has 0 aliphatic carbocycles. The van der Waals surface area contributed by atoms with Gasteiger partial charge in [-0.05, 0) is 49.6 Å². The molecule has 1 aromatic heterocycles. The molecule has 0 unspecified atom stereocenters. The number of anilines is 1. The number of carbonyl (C=O) groups is 1. The van der Waals surface area contributed by atoms with E-state index in [0.29, 0.717) is 10.7 Å². The number of amides is 1. The van der Waals surface area contributed by atoms with E-state index < -0.39 is 0 Å². The lowest BCUT2D eigenvalue weighted by Gasteiger charge is -2.08. The predicted octanol–water partition coefficient (Wildman–Crippen LogP) is 4.48. The number of aryl methyl sites for hydroxylation is 3. The Kier molecular flexibility index (Phi) is 5.41. The number of nitrogens with zero attached hydrogens (tertiary/aromatic N) is 2. The maximum atomic E-state index is 12.4. The van der Waals surface area contributed by atoms with Gasteiger partial charge in [0.15, 0.2) is 0 Å². The summed E-state index contributed by atoms with van der Waals surface area (Å²) in [4.78, 5) is 20.6. The van der Waals surface area contributed by atoms with Crippen LogP contribution in [0.1, 0.15) is 27.2 Å². The number of aromatic nitrogens is 2. The molecule has 0 spiro atoms. The third-order valence-corrected chi connectivity index (χ3v) is 3.97. The van der Waals surface area contributed by atoms with Crippen molar-refractivity contribution in [3.05, 3.63) is 88.5 Å². The summed E-state index contributed by atoms with van der Waals surface area (Å²) in [5.41, 5.74) is 4.45. The number of hydrogen-bond acceptors (Lipinski definition) is 3. The zero-order valence-electron chi connectivity index (χ0n) is 13.9. The first-order valence-electron chi connectivity index (χ1n) is 8.03. The quantitative estimate of drug-likeness (QED) is 0.737. The summed E-state index contributed by atoms with van der Waals surface area (Å²) in [6, 6.07) is 15.4. The zero-order valence-corrected chi connectivity index (χ0v) is 14.6. The molecule has 5 heteroatoms. The van der Waals surface area contributed by atoms with Gasteiger partial charge in [0.25, 0.3) is 5.91 Å². The molecular formula is C20H18ClN3O. The highest BCUT2D eigenvalue weighted by Gasteiger charge is 2.07. The van der Waals surface area contributed by atoms with Crippen LogP contribution in [0.3, 0.4) is 0 Å². The van der Waals surface area contributed by atoms with E-state index in [-0.39, 0.29) is 5.91 Å². The Bertz CT molecular complexity index is 895. The molecule has 3 aromatic rings. The molecular weight excluding hydrogens is 334 g/mol. The van der Waals surface area contributed by atoms with Crippen molar-refractivity contribution in [2.45, 2.75) is 19.8 Å². The van der Waals surface area contributed by atoms with Gasteiger partial charge in [0.1, 0.15) is 5.15 Å². The Morgan fingerprint density at radius 2 is 1.92 bits per heavy atom. The summed E-state index contributed by atoms with van der Waals surface area (Å²) >= 11 is 5.86. The van der Waals surface area contributed by atoms with E-state index in [2.05, 4.69) is 15.3 Å². The number of hydrogen-bond donors (Lipinski definition) is 1. The van der Waals surface area contributed by atoms with E-state index in [1.807, 2.05) is 55.5 Å². The van der Waals surface area contributed by atoms with E-state index >= 15 is 0 Å². The Morgan fingerprint density at radius 1 is 1.08 bits per heavy atom. The standard InChI is InChI=1S/C20H18ClN3O/c1-14-4-2-6-16(10-14)20(25)24-17-7-3-5-15(11-17)8-9-18-12-22-13-19(21)23-18/h2-7,10-13H,8-9H2,1H3,(H,24,25). The summed E-state index contributed by atoms with van der Waals surface area (Å²) in [5.74, 6) is -0.110. The van der Waals surface area contributed by atoms with Gasteiger partial charge in [-0.25, -0.2) is 4.98 Å². The monoisotopic (exact) mass is 351 g/mol. The number of benzene rings is 2. The second-order valence-electron chi connectivity index (χ2n) is 5.86. The van der Waals surface area contributed by atoms with Crippen LogP contribution in [0.5, 0.6) is 0 Å². The Hall–Kier alpha value is -2.72. The van der Waals surface area contributed by atoms with Crippen LogP contribution in [0.2, 0.25) is 5.15 Å². The molecule has 0 bridgehead atoms. The average Bonchev–Trinajstić information content (AvgIpc) is 2.60. The lowest BCUT2D eigenvalue weighted by atomic mass is 10.1. The minimum absolute atomic E-state index is 0.110. The highest BCUT2D eigenvalue weighted by Crippen LogP contribution is 2.15. The summed E-state index contributed by atoms with van der Waals surface area (Å²) < 4.78 is 0. The molecule has 1 amide bonds. The first-order chi connectivity index (χ1) is 12.1. The van der Waals surface area contributed by atoms with Crippen LogP contribution in [0.15, 0.2) is 60.9 Å². The molecule has 0 aliphatic rings. The lowest BCUT2D eigenvalue weighted by Crippen LogP contribution is -2.12. The predicted molar refractivity (Wildman–Crippen MR) is 100 cm³/mol. The second kappa shape index (κ2) is 7.90. The SMILES string of the molecule is Cc1cccc(C(=O)Nc2cccc(CCc3cncc(Cl)n3)c2)c1. The number of carbonyl (C=O) groups excluding carboxylic acids is 1. The van der Waals surface area contributed by atoms with Crippen molar-refractivity contribution in [3.8, 4) is 0 Å². The van der Waals surface area contributed by atoms with Crippen molar-refractivity contribution in [3.63, 3.8) is 0 Å². The van der Waals surface area contributed by atoms with E-state index in [4.69, 9.17) is 11.6 Å². The first-order valence-corrected chi connectivity index (χ1v) is 8.41. The zero-order chi connectivity index (χ0) is 17.6. The van der Waals surface area contributed by atoms with Crippen LogP contribution in [-0.4, -0.2) is 15.9 Å². The van der Waals surface area contributed by atoms with Gasteiger partial charge in [0.2, 0.25) is 0 Å². The Labute approximate surface area is 151 Å².